The van der Waals surface area contributed by atoms with Gasteiger partial charge < -0.3 is 5.32 Å². The van der Waals surface area contributed by atoms with E-state index in [2.05, 4.69) is 48.1 Å². The average Bonchev–Trinajstić information content (AvgIpc) is 3.01. The van der Waals surface area contributed by atoms with Crippen LogP contribution >= 0.6 is 0 Å². The SMILES string of the molecule is CCn1nc(CNC2(C)CCCC2)c2ccccc21. The lowest BCUT2D eigenvalue weighted by Crippen LogP contribution is -2.38. The van der Waals surface area contributed by atoms with E-state index in [4.69, 9.17) is 5.10 Å². The molecule has 0 spiro atoms. The minimum absolute atomic E-state index is 0.317. The summed E-state index contributed by atoms with van der Waals surface area (Å²) in [5.74, 6) is 0. The van der Waals surface area contributed by atoms with Crippen LogP contribution in [0.1, 0.15) is 45.2 Å². The van der Waals surface area contributed by atoms with E-state index in [9.17, 15) is 0 Å². The number of hydrogen-bond acceptors (Lipinski definition) is 2. The van der Waals surface area contributed by atoms with Gasteiger partial charge in [-0.1, -0.05) is 31.0 Å². The maximum absolute atomic E-state index is 4.75. The number of nitrogens with one attached hydrogen (secondary N) is 1. The molecule has 3 rings (SSSR count). The summed E-state index contributed by atoms with van der Waals surface area (Å²) < 4.78 is 2.10. The molecule has 1 saturated carbocycles. The lowest BCUT2D eigenvalue weighted by Gasteiger charge is -2.24. The van der Waals surface area contributed by atoms with Crippen LogP contribution in [0.5, 0.6) is 0 Å². The first kappa shape index (κ1) is 12.7. The van der Waals surface area contributed by atoms with Crippen molar-refractivity contribution >= 4 is 10.9 Å². The average molecular weight is 257 g/mol. The first-order valence-corrected chi connectivity index (χ1v) is 7.41. The molecule has 0 bridgehead atoms. The minimum atomic E-state index is 0.317. The number of hydrogen-bond donors (Lipinski definition) is 1. The summed E-state index contributed by atoms with van der Waals surface area (Å²) in [4.78, 5) is 0. The van der Waals surface area contributed by atoms with Crippen LogP contribution in [0.15, 0.2) is 24.3 Å². The third-order valence-corrected chi connectivity index (χ3v) is 4.42. The quantitative estimate of drug-likeness (QED) is 0.908. The van der Waals surface area contributed by atoms with Crippen molar-refractivity contribution in [2.24, 2.45) is 0 Å². The topological polar surface area (TPSA) is 29.9 Å². The number of rotatable bonds is 4. The molecule has 3 nitrogen and oxygen atoms in total. The summed E-state index contributed by atoms with van der Waals surface area (Å²) in [5, 5.41) is 9.77. The van der Waals surface area contributed by atoms with Gasteiger partial charge in [-0.05, 0) is 32.8 Å². The second-order valence-electron chi connectivity index (χ2n) is 5.90. The number of para-hydroxylation sites is 1. The van der Waals surface area contributed by atoms with E-state index in [1.807, 2.05) is 0 Å². The zero-order valence-electron chi connectivity index (χ0n) is 11.9. The Kier molecular flexibility index (Phi) is 3.31. The second kappa shape index (κ2) is 4.97. The Bertz CT molecular complexity index is 564. The zero-order valence-corrected chi connectivity index (χ0v) is 11.9. The second-order valence-corrected chi connectivity index (χ2v) is 5.90. The summed E-state index contributed by atoms with van der Waals surface area (Å²) in [6.07, 6.45) is 5.29. The van der Waals surface area contributed by atoms with E-state index < -0.39 is 0 Å². The van der Waals surface area contributed by atoms with Gasteiger partial charge in [0.2, 0.25) is 0 Å². The zero-order chi connectivity index (χ0) is 13.3. The van der Waals surface area contributed by atoms with Gasteiger partial charge in [-0.25, -0.2) is 0 Å². The summed E-state index contributed by atoms with van der Waals surface area (Å²) in [5.41, 5.74) is 2.75. The third-order valence-electron chi connectivity index (χ3n) is 4.42. The van der Waals surface area contributed by atoms with Gasteiger partial charge in [0.15, 0.2) is 0 Å². The van der Waals surface area contributed by atoms with E-state index in [0.717, 1.165) is 13.1 Å². The van der Waals surface area contributed by atoms with Crippen molar-refractivity contribution in [3.8, 4) is 0 Å². The normalized spacial score (nSPS) is 18.2. The largest absolute Gasteiger partial charge is 0.306 e. The van der Waals surface area contributed by atoms with Crippen LogP contribution in [0.4, 0.5) is 0 Å². The Hall–Kier alpha value is -1.35. The van der Waals surface area contributed by atoms with Gasteiger partial charge in [0.25, 0.3) is 0 Å². The highest BCUT2D eigenvalue weighted by atomic mass is 15.3. The standard InChI is InChI=1S/C16H23N3/c1-3-19-15-9-5-4-8-13(15)14(18-19)12-17-16(2)10-6-7-11-16/h4-5,8-9,17H,3,6-7,10-12H2,1-2H3. The molecule has 0 amide bonds. The van der Waals surface area contributed by atoms with Crippen LogP contribution in [-0.4, -0.2) is 15.3 Å². The van der Waals surface area contributed by atoms with Crippen LogP contribution in [0.2, 0.25) is 0 Å². The predicted octanol–water partition coefficient (Wildman–Crippen LogP) is 3.48. The monoisotopic (exact) mass is 257 g/mol. The summed E-state index contributed by atoms with van der Waals surface area (Å²) in [7, 11) is 0. The molecule has 1 fully saturated rings. The first-order valence-electron chi connectivity index (χ1n) is 7.41. The van der Waals surface area contributed by atoms with Crippen molar-refractivity contribution in [3.05, 3.63) is 30.0 Å². The summed E-state index contributed by atoms with van der Waals surface area (Å²) in [6, 6.07) is 8.53. The molecule has 102 valence electrons. The molecule has 0 saturated heterocycles. The maximum Gasteiger partial charge on any atom is 0.0841 e. The molecule has 3 heteroatoms. The smallest absolute Gasteiger partial charge is 0.0841 e. The fourth-order valence-corrected chi connectivity index (χ4v) is 3.20. The number of benzene rings is 1. The fourth-order valence-electron chi connectivity index (χ4n) is 3.20. The maximum atomic E-state index is 4.75. The van der Waals surface area contributed by atoms with Crippen LogP contribution < -0.4 is 5.32 Å². The molecular weight excluding hydrogens is 234 g/mol. The van der Waals surface area contributed by atoms with Crippen LogP contribution in [0.25, 0.3) is 10.9 Å². The molecule has 1 aliphatic rings. The molecule has 1 heterocycles. The Morgan fingerprint density at radius 3 is 2.74 bits per heavy atom. The van der Waals surface area contributed by atoms with Gasteiger partial charge in [0, 0.05) is 24.0 Å². The van der Waals surface area contributed by atoms with E-state index in [1.54, 1.807) is 0 Å². The number of aryl methyl sites for hydroxylation is 1. The lowest BCUT2D eigenvalue weighted by molar-refractivity contribution is 0.360. The van der Waals surface area contributed by atoms with Crippen molar-refractivity contribution in [1.29, 1.82) is 0 Å². The van der Waals surface area contributed by atoms with E-state index in [1.165, 1.54) is 42.3 Å². The molecule has 1 aromatic heterocycles. The molecule has 2 aromatic rings. The van der Waals surface area contributed by atoms with Crippen LogP contribution in [0.3, 0.4) is 0 Å². The predicted molar refractivity (Wildman–Crippen MR) is 79.1 cm³/mol. The van der Waals surface area contributed by atoms with Gasteiger partial charge in [0.1, 0.15) is 0 Å². The van der Waals surface area contributed by atoms with Gasteiger partial charge in [-0.3, -0.25) is 4.68 Å². The van der Waals surface area contributed by atoms with Crippen molar-refractivity contribution in [2.75, 3.05) is 0 Å². The molecule has 19 heavy (non-hydrogen) atoms. The van der Waals surface area contributed by atoms with E-state index in [-0.39, 0.29) is 0 Å². The minimum Gasteiger partial charge on any atom is -0.306 e. The highest BCUT2D eigenvalue weighted by Crippen LogP contribution is 2.29. The van der Waals surface area contributed by atoms with Gasteiger partial charge in [-0.2, -0.15) is 5.10 Å². The Morgan fingerprint density at radius 2 is 2.00 bits per heavy atom. The molecule has 1 aromatic carbocycles. The molecule has 0 aliphatic heterocycles. The number of nitrogens with zero attached hydrogens (tertiary/aromatic N) is 2. The van der Waals surface area contributed by atoms with Gasteiger partial charge in [0.05, 0.1) is 11.2 Å². The van der Waals surface area contributed by atoms with E-state index in [0.29, 0.717) is 5.54 Å². The Balaban J connectivity index is 1.84. The first-order chi connectivity index (χ1) is 9.22. The molecular formula is C16H23N3. The van der Waals surface area contributed by atoms with Crippen molar-refractivity contribution in [3.63, 3.8) is 0 Å². The molecule has 0 atom stereocenters. The lowest BCUT2D eigenvalue weighted by atomic mass is 10.0. The number of aromatic nitrogens is 2. The van der Waals surface area contributed by atoms with Crippen molar-refractivity contribution in [2.45, 2.75) is 58.2 Å². The summed E-state index contributed by atoms with van der Waals surface area (Å²) >= 11 is 0. The van der Waals surface area contributed by atoms with Gasteiger partial charge >= 0.3 is 0 Å². The van der Waals surface area contributed by atoms with E-state index >= 15 is 0 Å². The van der Waals surface area contributed by atoms with Gasteiger partial charge in [-0.15, -0.1) is 0 Å². The Labute approximate surface area is 115 Å². The highest BCUT2D eigenvalue weighted by Gasteiger charge is 2.28. The van der Waals surface area contributed by atoms with Crippen LogP contribution in [0, 0.1) is 0 Å². The van der Waals surface area contributed by atoms with Crippen LogP contribution in [-0.2, 0) is 13.1 Å². The Morgan fingerprint density at radius 1 is 1.26 bits per heavy atom. The van der Waals surface area contributed by atoms with Crippen molar-refractivity contribution < 1.29 is 0 Å². The fraction of sp³-hybridized carbons (Fsp3) is 0.562. The molecule has 1 aliphatic carbocycles. The molecule has 1 N–H and O–H groups in total. The van der Waals surface area contributed by atoms with Crippen molar-refractivity contribution in [1.82, 2.24) is 15.1 Å². The third kappa shape index (κ3) is 2.39. The molecule has 0 unspecified atom stereocenters. The highest BCUT2D eigenvalue weighted by molar-refractivity contribution is 5.81. The summed E-state index contributed by atoms with van der Waals surface area (Å²) in [6.45, 7) is 6.30. The molecule has 0 radical (unpaired) electrons. The number of fused-ring (bicyclic) bond motifs is 1.